The fourth-order valence-electron chi connectivity index (χ4n) is 2.53. The molecule has 1 aromatic rings. The fraction of sp³-hybridized carbons (Fsp3) is 0.571. The fourth-order valence-corrected chi connectivity index (χ4v) is 4.01. The van der Waals surface area contributed by atoms with Crippen LogP contribution in [0.4, 0.5) is 5.69 Å². The summed E-state index contributed by atoms with van der Waals surface area (Å²) in [5.74, 6) is 0.715. The summed E-state index contributed by atoms with van der Waals surface area (Å²) < 4.78 is 37.4. The third kappa shape index (κ3) is 3.14. The van der Waals surface area contributed by atoms with Crippen LogP contribution in [0.5, 0.6) is 5.75 Å². The number of sulfonamides is 1. The van der Waals surface area contributed by atoms with E-state index in [1.54, 1.807) is 13.2 Å². The molecule has 1 aromatic carbocycles. The van der Waals surface area contributed by atoms with E-state index in [0.717, 1.165) is 6.42 Å². The molecule has 0 aliphatic carbocycles. The molecule has 1 saturated heterocycles. The smallest absolute Gasteiger partial charge is 0.243 e. The van der Waals surface area contributed by atoms with Crippen molar-refractivity contribution in [2.75, 3.05) is 33.0 Å². The number of nitrogen functional groups attached to an aromatic ring is 1. The van der Waals surface area contributed by atoms with E-state index in [4.69, 9.17) is 15.2 Å². The van der Waals surface area contributed by atoms with Crippen molar-refractivity contribution in [3.8, 4) is 5.75 Å². The Bertz CT molecular complexity index is 603. The summed E-state index contributed by atoms with van der Waals surface area (Å²) in [6.45, 7) is 2.94. The van der Waals surface area contributed by atoms with Crippen molar-refractivity contribution in [1.82, 2.24) is 4.31 Å². The molecule has 1 aliphatic heterocycles. The molecule has 118 valence electrons. The zero-order valence-corrected chi connectivity index (χ0v) is 13.4. The Kier molecular flexibility index (Phi) is 4.75. The van der Waals surface area contributed by atoms with Crippen molar-refractivity contribution < 1.29 is 17.9 Å². The number of hydrogen-bond donors (Lipinski definition) is 1. The topological polar surface area (TPSA) is 81.9 Å². The summed E-state index contributed by atoms with van der Waals surface area (Å²) in [6.07, 6.45) is 0.702. The molecule has 1 aliphatic rings. The maximum atomic E-state index is 12.7. The highest BCUT2D eigenvalue weighted by atomic mass is 32.2. The molecule has 2 N–H and O–H groups in total. The van der Waals surface area contributed by atoms with Gasteiger partial charge >= 0.3 is 0 Å². The van der Waals surface area contributed by atoms with E-state index in [1.807, 2.05) is 0 Å². The zero-order valence-electron chi connectivity index (χ0n) is 12.6. The molecule has 1 fully saturated rings. The molecule has 0 radical (unpaired) electrons. The maximum absolute atomic E-state index is 12.7. The van der Waals surface area contributed by atoms with E-state index in [2.05, 4.69) is 6.92 Å². The van der Waals surface area contributed by atoms with Crippen LogP contribution < -0.4 is 10.5 Å². The molecule has 0 amide bonds. The average Bonchev–Trinajstić information content (AvgIpc) is 2.47. The second kappa shape index (κ2) is 6.21. The first-order valence-electron chi connectivity index (χ1n) is 6.86. The summed E-state index contributed by atoms with van der Waals surface area (Å²) >= 11 is 0. The predicted octanol–water partition coefficient (Wildman–Crippen LogP) is 1.32. The van der Waals surface area contributed by atoms with Gasteiger partial charge in [0, 0.05) is 26.3 Å². The second-order valence-electron chi connectivity index (χ2n) is 5.31. The maximum Gasteiger partial charge on any atom is 0.243 e. The molecule has 0 aromatic heterocycles. The summed E-state index contributed by atoms with van der Waals surface area (Å²) in [7, 11) is -0.482. The molecule has 2 atom stereocenters. The lowest BCUT2D eigenvalue weighted by atomic mass is 9.97. The zero-order chi connectivity index (χ0) is 15.6. The molecule has 0 saturated carbocycles. The van der Waals surface area contributed by atoms with Crippen molar-refractivity contribution in [1.29, 1.82) is 0 Å². The van der Waals surface area contributed by atoms with Crippen LogP contribution in [0.25, 0.3) is 0 Å². The molecule has 1 heterocycles. The SMILES string of the molecule is COc1cc(S(=O)(=O)N2CCC(C)C(OC)C2)ccc1N. The standard InChI is InChI=1S/C14H22N2O4S/c1-10-6-7-16(9-14(10)20-3)21(17,18)11-4-5-12(15)13(8-11)19-2/h4-5,8,10,14H,6-7,9,15H2,1-3H3. The number of ether oxygens (including phenoxy) is 2. The molecular weight excluding hydrogens is 292 g/mol. The van der Waals surface area contributed by atoms with Crippen LogP contribution in [0.2, 0.25) is 0 Å². The molecule has 6 nitrogen and oxygen atoms in total. The summed E-state index contributed by atoms with van der Waals surface area (Å²) in [5.41, 5.74) is 6.15. The number of piperidine rings is 1. The van der Waals surface area contributed by atoms with Crippen molar-refractivity contribution in [2.24, 2.45) is 5.92 Å². The summed E-state index contributed by atoms with van der Waals surface area (Å²) in [5, 5.41) is 0. The normalized spacial score (nSPS) is 24.0. The first kappa shape index (κ1) is 16.1. The number of nitrogens with two attached hydrogens (primary N) is 1. The summed E-state index contributed by atoms with van der Waals surface area (Å²) in [4.78, 5) is 0.193. The minimum atomic E-state index is -3.56. The molecule has 0 bridgehead atoms. The van der Waals surface area contributed by atoms with Crippen molar-refractivity contribution in [2.45, 2.75) is 24.3 Å². The Balaban J connectivity index is 2.30. The van der Waals surface area contributed by atoms with Crippen molar-refractivity contribution in [3.63, 3.8) is 0 Å². The highest BCUT2D eigenvalue weighted by Gasteiger charge is 2.34. The number of benzene rings is 1. The molecule has 2 unspecified atom stereocenters. The van der Waals surface area contributed by atoms with Gasteiger partial charge in [-0.25, -0.2) is 8.42 Å². The van der Waals surface area contributed by atoms with Gasteiger partial charge in [0.15, 0.2) is 0 Å². The van der Waals surface area contributed by atoms with E-state index >= 15 is 0 Å². The first-order valence-corrected chi connectivity index (χ1v) is 8.30. The van der Waals surface area contributed by atoms with Gasteiger partial charge in [-0.15, -0.1) is 0 Å². The molecule has 21 heavy (non-hydrogen) atoms. The van der Waals surface area contributed by atoms with Gasteiger partial charge in [-0.1, -0.05) is 6.92 Å². The Morgan fingerprint density at radius 3 is 2.67 bits per heavy atom. The Hall–Kier alpha value is -1.31. The van der Waals surface area contributed by atoms with Gasteiger partial charge in [0.25, 0.3) is 0 Å². The predicted molar refractivity (Wildman–Crippen MR) is 80.7 cm³/mol. The van der Waals surface area contributed by atoms with Crippen LogP contribution in [0, 0.1) is 5.92 Å². The lowest BCUT2D eigenvalue weighted by Crippen LogP contribution is -2.46. The minimum Gasteiger partial charge on any atom is -0.495 e. The lowest BCUT2D eigenvalue weighted by Gasteiger charge is -2.35. The third-order valence-corrected chi connectivity index (χ3v) is 5.86. The van der Waals surface area contributed by atoms with Gasteiger partial charge in [0.05, 0.1) is 23.8 Å². The van der Waals surface area contributed by atoms with Crippen LogP contribution >= 0.6 is 0 Å². The van der Waals surface area contributed by atoms with Crippen LogP contribution in [-0.4, -0.2) is 46.1 Å². The van der Waals surface area contributed by atoms with E-state index in [-0.39, 0.29) is 11.0 Å². The van der Waals surface area contributed by atoms with Gasteiger partial charge in [0.1, 0.15) is 5.75 Å². The number of anilines is 1. The van der Waals surface area contributed by atoms with Crippen LogP contribution in [-0.2, 0) is 14.8 Å². The Labute approximate surface area is 125 Å². The number of methoxy groups -OCH3 is 2. The van der Waals surface area contributed by atoms with E-state index in [0.29, 0.717) is 30.4 Å². The first-order chi connectivity index (χ1) is 9.90. The van der Waals surface area contributed by atoms with E-state index in [9.17, 15) is 8.42 Å². The van der Waals surface area contributed by atoms with Crippen LogP contribution in [0.15, 0.2) is 23.1 Å². The van der Waals surface area contributed by atoms with Crippen LogP contribution in [0.1, 0.15) is 13.3 Å². The molecule has 2 rings (SSSR count). The van der Waals surface area contributed by atoms with Crippen LogP contribution in [0.3, 0.4) is 0 Å². The lowest BCUT2D eigenvalue weighted by molar-refractivity contribution is 0.0184. The quantitative estimate of drug-likeness (QED) is 0.848. The van der Waals surface area contributed by atoms with Gasteiger partial charge in [-0.2, -0.15) is 4.31 Å². The van der Waals surface area contributed by atoms with Gasteiger partial charge < -0.3 is 15.2 Å². The van der Waals surface area contributed by atoms with Gasteiger partial charge in [-0.3, -0.25) is 0 Å². The minimum absolute atomic E-state index is 0.0794. The molecule has 7 heteroatoms. The monoisotopic (exact) mass is 314 g/mol. The largest absolute Gasteiger partial charge is 0.495 e. The van der Waals surface area contributed by atoms with E-state index in [1.165, 1.54) is 23.5 Å². The molecule has 0 spiro atoms. The Morgan fingerprint density at radius 1 is 1.33 bits per heavy atom. The van der Waals surface area contributed by atoms with Crippen molar-refractivity contribution >= 4 is 15.7 Å². The Morgan fingerprint density at radius 2 is 2.05 bits per heavy atom. The second-order valence-corrected chi connectivity index (χ2v) is 7.24. The number of hydrogen-bond acceptors (Lipinski definition) is 5. The van der Waals surface area contributed by atoms with Gasteiger partial charge in [0.2, 0.25) is 10.0 Å². The van der Waals surface area contributed by atoms with E-state index < -0.39 is 10.0 Å². The van der Waals surface area contributed by atoms with Crippen molar-refractivity contribution in [3.05, 3.63) is 18.2 Å². The number of rotatable bonds is 4. The highest BCUT2D eigenvalue weighted by molar-refractivity contribution is 7.89. The molecular formula is C14H22N2O4S. The number of nitrogens with zero attached hydrogens (tertiary/aromatic N) is 1. The third-order valence-electron chi connectivity index (χ3n) is 4.00. The average molecular weight is 314 g/mol. The highest BCUT2D eigenvalue weighted by Crippen LogP contribution is 2.29. The van der Waals surface area contributed by atoms with Gasteiger partial charge in [-0.05, 0) is 24.5 Å². The summed E-state index contributed by atoms with van der Waals surface area (Å²) in [6, 6.07) is 4.52.